The topological polar surface area (TPSA) is 55.0 Å². The molecule has 0 aliphatic carbocycles. The summed E-state index contributed by atoms with van der Waals surface area (Å²) in [7, 11) is 3.87. The minimum Gasteiger partial charge on any atom is -0.363 e. The van der Waals surface area contributed by atoms with Crippen LogP contribution in [0.15, 0.2) is 12.4 Å². The van der Waals surface area contributed by atoms with Gasteiger partial charge in [-0.15, -0.1) is 12.4 Å². The molecule has 2 N–H and O–H groups in total. The van der Waals surface area contributed by atoms with Gasteiger partial charge in [-0.3, -0.25) is 0 Å². The molecule has 0 saturated heterocycles. The van der Waals surface area contributed by atoms with E-state index in [2.05, 4.69) is 9.97 Å². The van der Waals surface area contributed by atoms with Crippen molar-refractivity contribution in [1.29, 1.82) is 0 Å². The van der Waals surface area contributed by atoms with Crippen molar-refractivity contribution in [3.8, 4) is 0 Å². The average molecular weight is 189 g/mol. The molecule has 0 bridgehead atoms. The Morgan fingerprint density at radius 2 is 2.08 bits per heavy atom. The molecule has 4 nitrogen and oxygen atoms in total. The van der Waals surface area contributed by atoms with E-state index in [9.17, 15) is 0 Å². The van der Waals surface area contributed by atoms with Gasteiger partial charge in [-0.05, 0) is 0 Å². The molecule has 0 saturated carbocycles. The Labute approximate surface area is 78.2 Å². The van der Waals surface area contributed by atoms with Crippen molar-refractivity contribution >= 4 is 18.2 Å². The van der Waals surface area contributed by atoms with E-state index >= 15 is 0 Å². The Hall–Kier alpha value is -0.870. The zero-order chi connectivity index (χ0) is 8.27. The first-order chi connectivity index (χ1) is 5.24. The van der Waals surface area contributed by atoms with Gasteiger partial charge in [0.2, 0.25) is 0 Å². The Morgan fingerprint density at radius 3 is 2.58 bits per heavy atom. The van der Waals surface area contributed by atoms with Crippen molar-refractivity contribution in [2.45, 2.75) is 6.54 Å². The average Bonchev–Trinajstić information content (AvgIpc) is 2.05. The van der Waals surface area contributed by atoms with Crippen LogP contribution < -0.4 is 10.6 Å². The lowest BCUT2D eigenvalue weighted by Crippen LogP contribution is -2.12. The van der Waals surface area contributed by atoms with Crippen molar-refractivity contribution < 1.29 is 0 Å². The summed E-state index contributed by atoms with van der Waals surface area (Å²) in [6.45, 7) is 0.462. The molecule has 0 aliphatic rings. The molecule has 1 aromatic heterocycles. The van der Waals surface area contributed by atoms with E-state index in [4.69, 9.17) is 5.73 Å². The lowest BCUT2D eigenvalue weighted by molar-refractivity contribution is 0.943. The highest BCUT2D eigenvalue weighted by atomic mass is 35.5. The van der Waals surface area contributed by atoms with Crippen molar-refractivity contribution in [3.05, 3.63) is 18.1 Å². The third-order valence-electron chi connectivity index (χ3n) is 1.38. The molecular formula is C7H13ClN4. The van der Waals surface area contributed by atoms with Crippen LogP contribution in [0, 0.1) is 0 Å². The van der Waals surface area contributed by atoms with Gasteiger partial charge in [-0.2, -0.15) is 0 Å². The molecule has 0 amide bonds. The van der Waals surface area contributed by atoms with Gasteiger partial charge >= 0.3 is 0 Å². The van der Waals surface area contributed by atoms with E-state index in [1.807, 2.05) is 25.1 Å². The van der Waals surface area contributed by atoms with Crippen molar-refractivity contribution in [1.82, 2.24) is 9.97 Å². The number of nitrogens with two attached hydrogens (primary N) is 1. The van der Waals surface area contributed by atoms with Gasteiger partial charge in [-0.25, -0.2) is 9.97 Å². The molecule has 68 valence electrons. The number of aromatic nitrogens is 2. The van der Waals surface area contributed by atoms with Gasteiger partial charge < -0.3 is 10.6 Å². The molecule has 0 spiro atoms. The summed E-state index contributed by atoms with van der Waals surface area (Å²) in [6, 6.07) is 1.88. The van der Waals surface area contributed by atoms with Crippen LogP contribution in [0.2, 0.25) is 0 Å². The van der Waals surface area contributed by atoms with E-state index in [0.717, 1.165) is 11.5 Å². The Morgan fingerprint density at radius 1 is 1.42 bits per heavy atom. The molecule has 0 aromatic carbocycles. The predicted molar refractivity (Wildman–Crippen MR) is 51.5 cm³/mol. The zero-order valence-corrected chi connectivity index (χ0v) is 8.01. The minimum absolute atomic E-state index is 0. The summed E-state index contributed by atoms with van der Waals surface area (Å²) in [5.74, 6) is 0.889. The highest BCUT2D eigenvalue weighted by molar-refractivity contribution is 5.85. The van der Waals surface area contributed by atoms with Crippen LogP contribution in [-0.2, 0) is 6.54 Å². The van der Waals surface area contributed by atoms with Gasteiger partial charge in [0.25, 0.3) is 0 Å². The van der Waals surface area contributed by atoms with E-state index in [0.29, 0.717) is 6.54 Å². The molecule has 0 atom stereocenters. The highest BCUT2D eigenvalue weighted by Crippen LogP contribution is 2.05. The fraction of sp³-hybridized carbons (Fsp3) is 0.429. The van der Waals surface area contributed by atoms with Gasteiger partial charge in [-0.1, -0.05) is 0 Å². The standard InChI is InChI=1S/C7H12N4.ClH/c1-11(2)7-3-6(4-8)9-5-10-7;/h3,5H,4,8H2,1-2H3;1H. The largest absolute Gasteiger partial charge is 0.363 e. The maximum atomic E-state index is 5.41. The maximum absolute atomic E-state index is 5.41. The van der Waals surface area contributed by atoms with Crippen molar-refractivity contribution in [2.24, 2.45) is 5.73 Å². The second kappa shape index (κ2) is 4.90. The first-order valence-corrected chi connectivity index (χ1v) is 3.42. The van der Waals surface area contributed by atoms with Gasteiger partial charge in [0.05, 0.1) is 5.69 Å². The normalized spacial score (nSPS) is 8.92. The molecule has 1 rings (SSSR count). The summed E-state index contributed by atoms with van der Waals surface area (Å²) < 4.78 is 0. The van der Waals surface area contributed by atoms with Crippen LogP contribution in [0.5, 0.6) is 0 Å². The monoisotopic (exact) mass is 188 g/mol. The van der Waals surface area contributed by atoms with Crippen LogP contribution in [-0.4, -0.2) is 24.1 Å². The summed E-state index contributed by atoms with van der Waals surface area (Å²) >= 11 is 0. The SMILES string of the molecule is CN(C)c1cc(CN)ncn1.Cl. The Kier molecular flexibility index (Phi) is 4.54. The lowest BCUT2D eigenvalue weighted by Gasteiger charge is -2.10. The Bertz CT molecular complexity index is 239. The predicted octanol–water partition coefficient (Wildman–Crippen LogP) is 0.423. The van der Waals surface area contributed by atoms with Crippen LogP contribution >= 0.6 is 12.4 Å². The van der Waals surface area contributed by atoms with E-state index in [1.54, 1.807) is 0 Å². The number of halogens is 1. The molecule has 1 heterocycles. The number of nitrogens with zero attached hydrogens (tertiary/aromatic N) is 3. The van der Waals surface area contributed by atoms with Crippen molar-refractivity contribution in [3.63, 3.8) is 0 Å². The van der Waals surface area contributed by atoms with Crippen molar-refractivity contribution in [2.75, 3.05) is 19.0 Å². The summed E-state index contributed by atoms with van der Waals surface area (Å²) in [4.78, 5) is 9.94. The number of hydrogen-bond donors (Lipinski definition) is 1. The smallest absolute Gasteiger partial charge is 0.131 e. The third-order valence-corrected chi connectivity index (χ3v) is 1.38. The van der Waals surface area contributed by atoms with Gasteiger partial charge in [0, 0.05) is 26.7 Å². The second-order valence-corrected chi connectivity index (χ2v) is 2.47. The zero-order valence-electron chi connectivity index (χ0n) is 7.19. The number of anilines is 1. The summed E-state index contributed by atoms with van der Waals surface area (Å²) in [5.41, 5.74) is 6.27. The molecule has 0 aliphatic heterocycles. The minimum atomic E-state index is 0. The van der Waals surface area contributed by atoms with Gasteiger partial charge in [0.15, 0.2) is 0 Å². The quantitative estimate of drug-likeness (QED) is 0.731. The molecule has 12 heavy (non-hydrogen) atoms. The fourth-order valence-electron chi connectivity index (χ4n) is 0.742. The first-order valence-electron chi connectivity index (χ1n) is 3.42. The summed E-state index contributed by atoms with van der Waals surface area (Å²) in [6.07, 6.45) is 1.53. The second-order valence-electron chi connectivity index (χ2n) is 2.47. The summed E-state index contributed by atoms with van der Waals surface area (Å²) in [5, 5.41) is 0. The fourth-order valence-corrected chi connectivity index (χ4v) is 0.742. The van der Waals surface area contributed by atoms with Crippen LogP contribution in [0.1, 0.15) is 5.69 Å². The van der Waals surface area contributed by atoms with Crippen LogP contribution in [0.3, 0.4) is 0 Å². The van der Waals surface area contributed by atoms with Crippen LogP contribution in [0.25, 0.3) is 0 Å². The molecule has 0 radical (unpaired) electrons. The van der Waals surface area contributed by atoms with Gasteiger partial charge in [0.1, 0.15) is 12.1 Å². The molecular weight excluding hydrogens is 176 g/mol. The van der Waals surface area contributed by atoms with E-state index in [-0.39, 0.29) is 12.4 Å². The van der Waals surface area contributed by atoms with E-state index in [1.165, 1.54) is 6.33 Å². The highest BCUT2D eigenvalue weighted by Gasteiger charge is 1.97. The molecule has 0 unspecified atom stereocenters. The third kappa shape index (κ3) is 2.64. The van der Waals surface area contributed by atoms with E-state index < -0.39 is 0 Å². The first kappa shape index (κ1) is 11.1. The maximum Gasteiger partial charge on any atom is 0.131 e. The lowest BCUT2D eigenvalue weighted by atomic mass is 10.4. The van der Waals surface area contributed by atoms with Crippen LogP contribution in [0.4, 0.5) is 5.82 Å². The number of rotatable bonds is 2. The molecule has 5 heteroatoms. The molecule has 1 aromatic rings. The Balaban J connectivity index is 0.00000121. The number of hydrogen-bond acceptors (Lipinski definition) is 4. The molecule has 0 fully saturated rings.